The zero-order chi connectivity index (χ0) is 26.7. The lowest BCUT2D eigenvalue weighted by Crippen LogP contribution is -2.39. The molecular weight excluding hydrogens is 448 g/mol. The van der Waals surface area contributed by atoms with E-state index in [-0.39, 0.29) is 0 Å². The lowest BCUT2D eigenvalue weighted by Gasteiger charge is -2.33. The highest BCUT2D eigenvalue weighted by molar-refractivity contribution is 4.97. The van der Waals surface area contributed by atoms with E-state index in [2.05, 4.69) is 43.0 Å². The van der Waals surface area contributed by atoms with Gasteiger partial charge in [-0.1, -0.05) is 168 Å². The molecule has 0 N–H and O–H groups in total. The van der Waals surface area contributed by atoms with Gasteiger partial charge in [-0.05, 0) is 25.7 Å². The quantitative estimate of drug-likeness (QED) is 0.0908. The van der Waals surface area contributed by atoms with Crippen molar-refractivity contribution in [1.82, 2.24) is 9.80 Å². The van der Waals surface area contributed by atoms with Gasteiger partial charge in [0.05, 0.1) is 0 Å². The van der Waals surface area contributed by atoms with Crippen molar-refractivity contribution in [3.8, 4) is 0 Å². The third-order valence-corrected chi connectivity index (χ3v) is 8.57. The summed E-state index contributed by atoms with van der Waals surface area (Å²) >= 11 is 0. The molecule has 0 aromatic carbocycles. The summed E-state index contributed by atoms with van der Waals surface area (Å²) in [5.41, 5.74) is 0. The number of hydrogen-bond acceptors (Lipinski definition) is 2. The van der Waals surface area contributed by atoms with Crippen molar-refractivity contribution in [2.45, 2.75) is 200 Å². The minimum absolute atomic E-state index is 0.641. The second kappa shape index (κ2) is 26.9. The van der Waals surface area contributed by atoms with Crippen molar-refractivity contribution in [3.63, 3.8) is 0 Å². The maximum atomic E-state index is 2.69. The van der Waals surface area contributed by atoms with Gasteiger partial charge in [0.2, 0.25) is 0 Å². The SMILES string of the molecule is CCCCCCCCCCCCCCCN1C=CN(CCCCCCCCCCCC)C1CCCCC. The lowest BCUT2D eigenvalue weighted by atomic mass is 10.0. The summed E-state index contributed by atoms with van der Waals surface area (Å²) in [4.78, 5) is 5.37. The summed E-state index contributed by atoms with van der Waals surface area (Å²) in [5, 5.41) is 0. The Morgan fingerprint density at radius 1 is 0.351 bits per heavy atom. The van der Waals surface area contributed by atoms with Gasteiger partial charge in [0.1, 0.15) is 6.17 Å². The Morgan fingerprint density at radius 2 is 0.622 bits per heavy atom. The largest absolute Gasteiger partial charge is 0.356 e. The fraction of sp³-hybridized carbons (Fsp3) is 0.943. The van der Waals surface area contributed by atoms with Crippen molar-refractivity contribution in [3.05, 3.63) is 12.4 Å². The first-order chi connectivity index (χ1) is 18.3. The Morgan fingerprint density at radius 3 is 0.946 bits per heavy atom. The van der Waals surface area contributed by atoms with Gasteiger partial charge in [-0.2, -0.15) is 0 Å². The second-order valence-electron chi connectivity index (χ2n) is 12.2. The van der Waals surface area contributed by atoms with Crippen LogP contribution in [0, 0.1) is 0 Å². The van der Waals surface area contributed by atoms with Crippen LogP contribution in [0.2, 0.25) is 0 Å². The van der Waals surface area contributed by atoms with Crippen LogP contribution in [0.5, 0.6) is 0 Å². The zero-order valence-electron chi connectivity index (χ0n) is 26.1. The third kappa shape index (κ3) is 20.0. The van der Waals surface area contributed by atoms with Crippen LogP contribution in [0.15, 0.2) is 12.4 Å². The maximum absolute atomic E-state index is 2.69. The molecule has 0 saturated carbocycles. The van der Waals surface area contributed by atoms with Crippen LogP contribution in [0.4, 0.5) is 0 Å². The van der Waals surface area contributed by atoms with Crippen molar-refractivity contribution >= 4 is 0 Å². The molecule has 220 valence electrons. The van der Waals surface area contributed by atoms with Gasteiger partial charge in [0.25, 0.3) is 0 Å². The van der Waals surface area contributed by atoms with Crippen LogP contribution < -0.4 is 0 Å². The van der Waals surface area contributed by atoms with E-state index in [0.717, 1.165) is 0 Å². The summed E-state index contributed by atoms with van der Waals surface area (Å²) in [6.07, 6.45) is 44.0. The van der Waals surface area contributed by atoms with Gasteiger partial charge < -0.3 is 9.80 Å². The van der Waals surface area contributed by atoms with E-state index >= 15 is 0 Å². The monoisotopic (exact) mass is 519 g/mol. The van der Waals surface area contributed by atoms with Crippen LogP contribution in [-0.2, 0) is 0 Å². The van der Waals surface area contributed by atoms with Gasteiger partial charge >= 0.3 is 0 Å². The van der Waals surface area contributed by atoms with Crippen molar-refractivity contribution < 1.29 is 0 Å². The predicted octanol–water partition coefficient (Wildman–Crippen LogP) is 12.0. The summed E-state index contributed by atoms with van der Waals surface area (Å²) in [6.45, 7) is 9.48. The van der Waals surface area contributed by atoms with E-state index in [1.165, 1.54) is 186 Å². The Labute approximate surface area is 235 Å². The van der Waals surface area contributed by atoms with Crippen LogP contribution in [0.3, 0.4) is 0 Å². The minimum atomic E-state index is 0.641. The van der Waals surface area contributed by atoms with Crippen LogP contribution in [0.25, 0.3) is 0 Å². The number of unbranched alkanes of at least 4 members (excludes halogenated alkanes) is 23. The van der Waals surface area contributed by atoms with E-state index in [1.807, 2.05) is 0 Å². The molecule has 1 atom stereocenters. The second-order valence-corrected chi connectivity index (χ2v) is 12.2. The molecule has 1 aliphatic rings. The van der Waals surface area contributed by atoms with Crippen LogP contribution in [-0.4, -0.2) is 29.1 Å². The zero-order valence-corrected chi connectivity index (χ0v) is 26.1. The Kier molecular flexibility index (Phi) is 25.0. The topological polar surface area (TPSA) is 6.48 Å². The molecule has 0 bridgehead atoms. The molecule has 0 amide bonds. The smallest absolute Gasteiger partial charge is 0.101 e. The summed E-state index contributed by atoms with van der Waals surface area (Å²) in [5.74, 6) is 0. The van der Waals surface area contributed by atoms with Crippen molar-refractivity contribution in [2.24, 2.45) is 0 Å². The molecular formula is C35H70N2. The summed E-state index contributed by atoms with van der Waals surface area (Å²) < 4.78 is 0. The highest BCUT2D eigenvalue weighted by Gasteiger charge is 2.24. The average molecular weight is 519 g/mol. The maximum Gasteiger partial charge on any atom is 0.101 e. The van der Waals surface area contributed by atoms with Gasteiger partial charge in [-0.15, -0.1) is 0 Å². The molecule has 1 unspecified atom stereocenters. The molecule has 1 rings (SSSR count). The normalized spacial score (nSPS) is 15.4. The Balaban J connectivity index is 2.09. The molecule has 2 nitrogen and oxygen atoms in total. The first-order valence-electron chi connectivity index (χ1n) is 17.5. The molecule has 0 aliphatic carbocycles. The molecule has 0 aromatic rings. The molecule has 37 heavy (non-hydrogen) atoms. The van der Waals surface area contributed by atoms with Crippen LogP contribution in [0.1, 0.15) is 194 Å². The van der Waals surface area contributed by atoms with E-state index in [4.69, 9.17) is 0 Å². The standard InChI is InChI=1S/C35H70N2/c1-4-7-10-12-14-16-18-19-20-22-24-26-29-32-37-34-33-36(35(37)30-27-9-6-3)31-28-25-23-21-17-15-13-11-8-5-2/h33-35H,4-32H2,1-3H3. The van der Waals surface area contributed by atoms with Crippen molar-refractivity contribution in [1.29, 1.82) is 0 Å². The molecule has 1 aliphatic heterocycles. The molecule has 1 heterocycles. The van der Waals surface area contributed by atoms with Gasteiger partial charge in [-0.3, -0.25) is 0 Å². The molecule has 0 radical (unpaired) electrons. The predicted molar refractivity (Wildman–Crippen MR) is 168 cm³/mol. The van der Waals surface area contributed by atoms with E-state index in [1.54, 1.807) is 0 Å². The molecule has 0 spiro atoms. The van der Waals surface area contributed by atoms with Gasteiger partial charge in [0.15, 0.2) is 0 Å². The molecule has 0 saturated heterocycles. The summed E-state index contributed by atoms with van der Waals surface area (Å²) in [6, 6.07) is 0. The first kappa shape index (κ1) is 34.4. The molecule has 2 heteroatoms. The molecule has 0 fully saturated rings. The van der Waals surface area contributed by atoms with E-state index in [9.17, 15) is 0 Å². The summed E-state index contributed by atoms with van der Waals surface area (Å²) in [7, 11) is 0. The number of rotatable bonds is 29. The third-order valence-electron chi connectivity index (χ3n) is 8.57. The fourth-order valence-electron chi connectivity index (χ4n) is 6.01. The van der Waals surface area contributed by atoms with Crippen LogP contribution >= 0.6 is 0 Å². The first-order valence-corrected chi connectivity index (χ1v) is 17.5. The highest BCUT2D eigenvalue weighted by Crippen LogP contribution is 2.23. The number of hydrogen-bond donors (Lipinski definition) is 0. The highest BCUT2D eigenvalue weighted by atomic mass is 15.4. The fourth-order valence-corrected chi connectivity index (χ4v) is 6.01. The molecule has 0 aromatic heterocycles. The van der Waals surface area contributed by atoms with Crippen molar-refractivity contribution in [2.75, 3.05) is 13.1 Å². The van der Waals surface area contributed by atoms with E-state index < -0.39 is 0 Å². The Bertz CT molecular complexity index is 474. The number of nitrogens with zero attached hydrogens (tertiary/aromatic N) is 2. The van der Waals surface area contributed by atoms with Gasteiger partial charge in [0, 0.05) is 25.5 Å². The minimum Gasteiger partial charge on any atom is -0.356 e. The Hall–Kier alpha value is -0.660. The van der Waals surface area contributed by atoms with Gasteiger partial charge in [-0.25, -0.2) is 0 Å². The van der Waals surface area contributed by atoms with E-state index in [0.29, 0.717) is 6.17 Å². The lowest BCUT2D eigenvalue weighted by molar-refractivity contribution is 0.135. The average Bonchev–Trinajstić information content (AvgIpc) is 3.29.